The van der Waals surface area contributed by atoms with Crippen LogP contribution >= 0.6 is 22.9 Å². The summed E-state index contributed by atoms with van der Waals surface area (Å²) in [5, 5.41) is 1.04. The van der Waals surface area contributed by atoms with Crippen LogP contribution in [0.3, 0.4) is 0 Å². The van der Waals surface area contributed by atoms with Gasteiger partial charge in [0, 0.05) is 9.90 Å². The van der Waals surface area contributed by atoms with E-state index in [1.807, 2.05) is 43.3 Å². The number of nitrogens with zero attached hydrogens (tertiary/aromatic N) is 2. The van der Waals surface area contributed by atoms with Crippen LogP contribution in [0.25, 0.3) is 15.9 Å². The van der Waals surface area contributed by atoms with E-state index in [1.54, 1.807) is 28.8 Å². The van der Waals surface area contributed by atoms with Gasteiger partial charge < -0.3 is 0 Å². The molecule has 2 aromatic heterocycles. The van der Waals surface area contributed by atoms with E-state index in [0.29, 0.717) is 27.5 Å². The number of halogens is 1. The minimum atomic E-state index is -0.358. The Morgan fingerprint density at radius 1 is 1.00 bits per heavy atom. The van der Waals surface area contributed by atoms with Crippen molar-refractivity contribution < 1.29 is 0 Å². The molecular weight excluding hydrogens is 380 g/mol. The van der Waals surface area contributed by atoms with Crippen molar-refractivity contribution in [3.8, 4) is 5.69 Å². The number of hydrogen-bond acceptors (Lipinski definition) is 3. The molecule has 2 aromatic carbocycles. The van der Waals surface area contributed by atoms with Crippen molar-refractivity contribution >= 4 is 33.2 Å². The molecule has 136 valence electrons. The lowest BCUT2D eigenvalue weighted by molar-refractivity contribution is 0.719. The van der Waals surface area contributed by atoms with Gasteiger partial charge in [0.1, 0.15) is 4.83 Å². The molecule has 0 radical (unpaired) electrons. The van der Waals surface area contributed by atoms with Crippen molar-refractivity contribution in [3.05, 3.63) is 97.0 Å². The topological polar surface area (TPSA) is 44.0 Å². The van der Waals surface area contributed by atoms with Crippen molar-refractivity contribution in [2.75, 3.05) is 0 Å². The number of aromatic nitrogens is 2. The summed E-state index contributed by atoms with van der Waals surface area (Å²) in [5.74, 6) is 0. The van der Waals surface area contributed by atoms with Gasteiger partial charge in [-0.1, -0.05) is 54.9 Å². The number of thiophene rings is 1. The Kier molecular flexibility index (Phi) is 4.72. The van der Waals surface area contributed by atoms with Crippen LogP contribution in [-0.2, 0) is 13.0 Å². The SMILES string of the molecule is CCc1cc2c(=O)n(-c3cccc(Cl)c3)c(=O)n(Cc3ccccc3)c2s1. The molecule has 4 rings (SSSR count). The summed E-state index contributed by atoms with van der Waals surface area (Å²) < 4.78 is 2.89. The van der Waals surface area contributed by atoms with Gasteiger partial charge in [0.25, 0.3) is 5.56 Å². The van der Waals surface area contributed by atoms with Crippen LogP contribution in [0.2, 0.25) is 5.02 Å². The Bertz CT molecular complexity index is 1240. The van der Waals surface area contributed by atoms with Gasteiger partial charge in [-0.25, -0.2) is 9.36 Å². The van der Waals surface area contributed by atoms with Gasteiger partial charge in [-0.2, -0.15) is 0 Å². The second-order valence-corrected chi connectivity index (χ2v) is 7.81. The van der Waals surface area contributed by atoms with E-state index in [4.69, 9.17) is 11.6 Å². The molecule has 4 aromatic rings. The molecule has 0 bridgehead atoms. The quantitative estimate of drug-likeness (QED) is 0.510. The summed E-state index contributed by atoms with van der Waals surface area (Å²) in [5.41, 5.74) is 0.815. The summed E-state index contributed by atoms with van der Waals surface area (Å²) in [4.78, 5) is 28.2. The fourth-order valence-electron chi connectivity index (χ4n) is 3.12. The van der Waals surface area contributed by atoms with E-state index >= 15 is 0 Å². The Morgan fingerprint density at radius 3 is 2.48 bits per heavy atom. The van der Waals surface area contributed by atoms with Crippen molar-refractivity contribution in [3.63, 3.8) is 0 Å². The average molecular weight is 397 g/mol. The molecule has 4 nitrogen and oxygen atoms in total. The van der Waals surface area contributed by atoms with Gasteiger partial charge in [-0.05, 0) is 36.2 Å². The molecule has 2 heterocycles. The molecule has 0 spiro atoms. The predicted octanol–water partition coefficient (Wildman–Crippen LogP) is 4.48. The third-order valence-electron chi connectivity index (χ3n) is 4.46. The lowest BCUT2D eigenvalue weighted by Gasteiger charge is -2.12. The zero-order valence-corrected chi connectivity index (χ0v) is 16.3. The highest BCUT2D eigenvalue weighted by molar-refractivity contribution is 7.18. The molecule has 27 heavy (non-hydrogen) atoms. The van der Waals surface area contributed by atoms with Gasteiger partial charge in [0.15, 0.2) is 0 Å². The minimum Gasteiger partial charge on any atom is -0.280 e. The number of fused-ring (bicyclic) bond motifs is 1. The maximum atomic E-state index is 13.3. The Morgan fingerprint density at radius 2 is 1.78 bits per heavy atom. The predicted molar refractivity (Wildman–Crippen MR) is 112 cm³/mol. The first-order valence-electron chi connectivity index (χ1n) is 8.66. The first kappa shape index (κ1) is 17.8. The fourth-order valence-corrected chi connectivity index (χ4v) is 4.39. The fraction of sp³-hybridized carbons (Fsp3) is 0.143. The van der Waals surface area contributed by atoms with Gasteiger partial charge >= 0.3 is 5.69 Å². The van der Waals surface area contributed by atoms with Crippen LogP contribution < -0.4 is 11.2 Å². The monoisotopic (exact) mass is 396 g/mol. The largest absolute Gasteiger partial charge is 0.337 e. The van der Waals surface area contributed by atoms with Gasteiger partial charge in [0.2, 0.25) is 0 Å². The first-order chi connectivity index (χ1) is 13.1. The highest BCUT2D eigenvalue weighted by Gasteiger charge is 2.17. The molecule has 0 saturated carbocycles. The van der Waals surface area contributed by atoms with Crippen LogP contribution in [0, 0.1) is 0 Å². The van der Waals surface area contributed by atoms with Crippen molar-refractivity contribution in [1.82, 2.24) is 9.13 Å². The third-order valence-corrected chi connectivity index (χ3v) is 6.00. The van der Waals surface area contributed by atoms with Crippen LogP contribution in [0.5, 0.6) is 0 Å². The van der Waals surface area contributed by atoms with Crippen LogP contribution in [0.15, 0.2) is 70.3 Å². The smallest absolute Gasteiger partial charge is 0.280 e. The van der Waals surface area contributed by atoms with Gasteiger partial charge in [-0.15, -0.1) is 11.3 Å². The number of aryl methyl sites for hydroxylation is 1. The van der Waals surface area contributed by atoms with E-state index < -0.39 is 0 Å². The van der Waals surface area contributed by atoms with Crippen molar-refractivity contribution in [1.29, 1.82) is 0 Å². The number of rotatable bonds is 4. The lowest BCUT2D eigenvalue weighted by Crippen LogP contribution is -2.38. The van der Waals surface area contributed by atoms with E-state index in [9.17, 15) is 9.59 Å². The number of hydrogen-bond donors (Lipinski definition) is 0. The molecule has 0 unspecified atom stereocenters. The maximum Gasteiger partial charge on any atom is 0.337 e. The highest BCUT2D eigenvalue weighted by atomic mass is 35.5. The summed E-state index contributed by atoms with van der Waals surface area (Å²) in [6.45, 7) is 2.44. The number of benzene rings is 2. The molecule has 0 saturated heterocycles. The molecule has 6 heteroatoms. The van der Waals surface area contributed by atoms with E-state index in [1.165, 1.54) is 15.9 Å². The zero-order chi connectivity index (χ0) is 19.0. The van der Waals surface area contributed by atoms with E-state index in [0.717, 1.165) is 16.9 Å². The molecule has 0 amide bonds. The molecule has 0 atom stereocenters. The summed E-state index contributed by atoms with van der Waals surface area (Å²) in [7, 11) is 0. The minimum absolute atomic E-state index is 0.308. The summed E-state index contributed by atoms with van der Waals surface area (Å²) in [6.07, 6.45) is 0.815. The summed E-state index contributed by atoms with van der Waals surface area (Å²) >= 11 is 7.59. The van der Waals surface area contributed by atoms with E-state index in [2.05, 4.69) is 0 Å². The Balaban J connectivity index is 2.04. The zero-order valence-electron chi connectivity index (χ0n) is 14.7. The van der Waals surface area contributed by atoms with Crippen molar-refractivity contribution in [2.24, 2.45) is 0 Å². The molecule has 0 N–H and O–H groups in total. The Hall–Kier alpha value is -2.63. The molecule has 0 aliphatic rings. The first-order valence-corrected chi connectivity index (χ1v) is 9.86. The standard InChI is InChI=1S/C21H17ClN2O2S/c1-2-17-12-18-19(25)24(16-10-6-9-15(22)11-16)21(26)23(20(18)27-17)13-14-7-4-3-5-8-14/h3-12H,2,13H2,1H3. The normalized spacial score (nSPS) is 11.2. The van der Waals surface area contributed by atoms with Crippen molar-refractivity contribution in [2.45, 2.75) is 19.9 Å². The van der Waals surface area contributed by atoms with E-state index in [-0.39, 0.29) is 11.2 Å². The van der Waals surface area contributed by atoms with Crippen LogP contribution in [0.4, 0.5) is 0 Å². The lowest BCUT2D eigenvalue weighted by atomic mass is 10.2. The highest BCUT2D eigenvalue weighted by Crippen LogP contribution is 2.24. The van der Waals surface area contributed by atoms with Crippen LogP contribution in [-0.4, -0.2) is 9.13 Å². The van der Waals surface area contributed by atoms with Crippen LogP contribution in [0.1, 0.15) is 17.4 Å². The molecule has 0 aliphatic carbocycles. The Labute approximate surface area is 164 Å². The molecule has 0 fully saturated rings. The summed E-state index contributed by atoms with van der Waals surface area (Å²) in [6, 6.07) is 18.5. The van der Waals surface area contributed by atoms with Gasteiger partial charge in [-0.3, -0.25) is 9.36 Å². The second kappa shape index (κ2) is 7.18. The molecule has 0 aliphatic heterocycles. The average Bonchev–Trinajstić information content (AvgIpc) is 3.11. The third kappa shape index (κ3) is 3.24. The second-order valence-electron chi connectivity index (χ2n) is 6.26. The molecular formula is C21H17ClN2O2S. The maximum absolute atomic E-state index is 13.3. The van der Waals surface area contributed by atoms with Gasteiger partial charge in [0.05, 0.1) is 17.6 Å².